The Kier molecular flexibility index (Phi) is 7.74. The van der Waals surface area contributed by atoms with Crippen molar-refractivity contribution in [1.29, 1.82) is 0 Å². The average Bonchev–Trinajstić information content (AvgIpc) is 3.04. The molecule has 0 radical (unpaired) electrons. The van der Waals surface area contributed by atoms with Crippen LogP contribution in [-0.2, 0) is 9.53 Å². The van der Waals surface area contributed by atoms with Crippen molar-refractivity contribution in [2.24, 2.45) is 0 Å². The zero-order chi connectivity index (χ0) is 12.5. The maximum absolute atomic E-state index is 11.2. The van der Waals surface area contributed by atoms with E-state index in [4.69, 9.17) is 4.74 Å². The van der Waals surface area contributed by atoms with Crippen molar-refractivity contribution >= 4 is 17.7 Å². The molecule has 1 aliphatic rings. The summed E-state index contributed by atoms with van der Waals surface area (Å²) in [5, 5.41) is 1.00. The first-order valence-corrected chi connectivity index (χ1v) is 8.04. The molecule has 1 aliphatic heterocycles. The number of ether oxygens (including phenoxy) is 1. The Bertz CT molecular complexity index is 212. The summed E-state index contributed by atoms with van der Waals surface area (Å²) in [6.07, 6.45) is 9.57. The largest absolute Gasteiger partial charge is 0.463 e. The van der Waals surface area contributed by atoms with E-state index in [1.165, 1.54) is 44.3 Å². The molecular formula is C14H26O2S. The summed E-state index contributed by atoms with van der Waals surface area (Å²) in [4.78, 5) is 11.2. The molecule has 1 saturated heterocycles. The molecule has 100 valence electrons. The third-order valence-corrected chi connectivity index (χ3v) is 3.97. The molecule has 0 N–H and O–H groups in total. The first kappa shape index (κ1) is 14.9. The van der Waals surface area contributed by atoms with Gasteiger partial charge in [0, 0.05) is 17.4 Å². The lowest BCUT2D eigenvalue weighted by molar-refractivity contribution is -0.147. The van der Waals surface area contributed by atoms with Crippen LogP contribution in [0.25, 0.3) is 0 Å². The molecule has 0 bridgehead atoms. The topological polar surface area (TPSA) is 26.3 Å². The highest BCUT2D eigenvalue weighted by Gasteiger charge is 2.20. The van der Waals surface area contributed by atoms with Crippen molar-refractivity contribution in [1.82, 2.24) is 0 Å². The Morgan fingerprint density at radius 1 is 1.18 bits per heavy atom. The third kappa shape index (κ3) is 9.51. The van der Waals surface area contributed by atoms with Gasteiger partial charge in [-0.2, -0.15) is 11.8 Å². The van der Waals surface area contributed by atoms with Gasteiger partial charge in [-0.1, -0.05) is 32.1 Å². The van der Waals surface area contributed by atoms with Crippen LogP contribution in [-0.4, -0.2) is 23.1 Å². The number of carbonyl (C=O) groups is 1. The highest BCUT2D eigenvalue weighted by atomic mass is 32.2. The van der Waals surface area contributed by atoms with Crippen LogP contribution in [0.4, 0.5) is 0 Å². The molecule has 1 unspecified atom stereocenters. The summed E-state index contributed by atoms with van der Waals surface area (Å²) >= 11 is 2.10. The predicted octanol–water partition coefficient (Wildman–Crippen LogP) is 4.17. The van der Waals surface area contributed by atoms with Crippen molar-refractivity contribution in [2.45, 2.75) is 76.6 Å². The zero-order valence-corrected chi connectivity index (χ0v) is 12.1. The fraction of sp³-hybridized carbons (Fsp3) is 0.929. The second-order valence-corrected chi connectivity index (χ2v) is 6.49. The van der Waals surface area contributed by atoms with E-state index in [9.17, 15) is 4.79 Å². The minimum Gasteiger partial charge on any atom is -0.463 e. The molecule has 0 aromatic rings. The van der Waals surface area contributed by atoms with Crippen LogP contribution in [0.3, 0.4) is 0 Å². The van der Waals surface area contributed by atoms with Crippen LogP contribution in [0.5, 0.6) is 0 Å². The maximum Gasteiger partial charge on any atom is 0.306 e. The summed E-state index contributed by atoms with van der Waals surface area (Å²) < 4.78 is 5.09. The minimum absolute atomic E-state index is 0.0304. The average molecular weight is 258 g/mol. The van der Waals surface area contributed by atoms with Crippen LogP contribution in [0.1, 0.15) is 65.2 Å². The van der Waals surface area contributed by atoms with Crippen LogP contribution >= 0.6 is 11.8 Å². The molecular weight excluding hydrogens is 232 g/mol. The summed E-state index contributed by atoms with van der Waals surface area (Å²) in [6.45, 7) is 3.80. The Labute approximate surface area is 110 Å². The molecule has 0 spiro atoms. The fourth-order valence-electron chi connectivity index (χ4n) is 1.90. The molecule has 0 saturated carbocycles. The van der Waals surface area contributed by atoms with Gasteiger partial charge in [0.25, 0.3) is 0 Å². The molecule has 1 atom stereocenters. The quantitative estimate of drug-likeness (QED) is 0.334. The molecule has 0 aromatic heterocycles. The number of hydrogen-bond acceptors (Lipinski definition) is 3. The maximum atomic E-state index is 11.2. The summed E-state index contributed by atoms with van der Waals surface area (Å²) in [5.74, 6) is 1.36. The van der Waals surface area contributed by atoms with Crippen molar-refractivity contribution in [3.63, 3.8) is 0 Å². The van der Waals surface area contributed by atoms with Crippen LogP contribution in [0.15, 0.2) is 0 Å². The molecule has 0 amide bonds. The molecule has 1 fully saturated rings. The van der Waals surface area contributed by atoms with Crippen LogP contribution < -0.4 is 0 Å². The Morgan fingerprint density at radius 2 is 1.76 bits per heavy atom. The highest BCUT2D eigenvalue weighted by molar-refractivity contribution is 8.06. The van der Waals surface area contributed by atoms with E-state index in [1.807, 2.05) is 13.8 Å². The summed E-state index contributed by atoms with van der Waals surface area (Å²) in [5.41, 5.74) is 0. The Balaban J connectivity index is 1.75. The molecule has 2 nitrogen and oxygen atoms in total. The van der Waals surface area contributed by atoms with E-state index in [1.54, 1.807) is 0 Å². The monoisotopic (exact) mass is 258 g/mol. The predicted molar refractivity (Wildman–Crippen MR) is 74.4 cm³/mol. The summed E-state index contributed by atoms with van der Waals surface area (Å²) in [7, 11) is 0. The minimum atomic E-state index is -0.0363. The zero-order valence-electron chi connectivity index (χ0n) is 11.2. The smallest absolute Gasteiger partial charge is 0.306 e. The molecule has 1 rings (SSSR count). The van der Waals surface area contributed by atoms with Crippen molar-refractivity contribution in [2.75, 3.05) is 5.75 Å². The van der Waals surface area contributed by atoms with Gasteiger partial charge in [0.2, 0.25) is 0 Å². The first-order chi connectivity index (χ1) is 8.18. The van der Waals surface area contributed by atoms with Gasteiger partial charge in [0.05, 0.1) is 6.10 Å². The van der Waals surface area contributed by atoms with Gasteiger partial charge < -0.3 is 4.74 Å². The second kappa shape index (κ2) is 8.84. The first-order valence-electron chi connectivity index (χ1n) is 6.99. The SMILES string of the molecule is CC(C)OC(=O)CCCCCCCCC1CS1. The highest BCUT2D eigenvalue weighted by Crippen LogP contribution is 2.34. The normalized spacial score (nSPS) is 18.4. The van der Waals surface area contributed by atoms with Crippen molar-refractivity contribution in [3.05, 3.63) is 0 Å². The fourth-order valence-corrected chi connectivity index (χ4v) is 2.54. The van der Waals surface area contributed by atoms with Crippen molar-refractivity contribution in [3.8, 4) is 0 Å². The van der Waals surface area contributed by atoms with Gasteiger partial charge in [-0.3, -0.25) is 4.79 Å². The van der Waals surface area contributed by atoms with Crippen molar-refractivity contribution < 1.29 is 9.53 Å². The van der Waals surface area contributed by atoms with E-state index < -0.39 is 0 Å². The number of thioether (sulfide) groups is 1. The number of rotatable bonds is 10. The lowest BCUT2D eigenvalue weighted by Gasteiger charge is -2.07. The lowest BCUT2D eigenvalue weighted by Crippen LogP contribution is -2.10. The van der Waals surface area contributed by atoms with E-state index in [0.29, 0.717) is 6.42 Å². The molecule has 17 heavy (non-hydrogen) atoms. The molecule has 3 heteroatoms. The third-order valence-electron chi connectivity index (χ3n) is 2.93. The number of unbranched alkanes of at least 4 members (excludes halogenated alkanes) is 5. The van der Waals surface area contributed by atoms with Gasteiger partial charge in [-0.25, -0.2) is 0 Å². The van der Waals surface area contributed by atoms with Gasteiger partial charge in [0.15, 0.2) is 0 Å². The molecule has 0 aliphatic carbocycles. The Hall–Kier alpha value is -0.180. The summed E-state index contributed by atoms with van der Waals surface area (Å²) in [6, 6.07) is 0. The van der Waals surface area contributed by atoms with E-state index in [0.717, 1.165) is 11.7 Å². The van der Waals surface area contributed by atoms with Gasteiger partial charge >= 0.3 is 5.97 Å². The standard InChI is InChI=1S/C14H26O2S/c1-12(2)16-14(15)10-8-6-4-3-5-7-9-13-11-17-13/h12-13H,3-11H2,1-2H3. The molecule has 1 heterocycles. The van der Waals surface area contributed by atoms with E-state index in [2.05, 4.69) is 11.8 Å². The van der Waals surface area contributed by atoms with Gasteiger partial charge in [-0.15, -0.1) is 0 Å². The van der Waals surface area contributed by atoms with Crippen LogP contribution in [0.2, 0.25) is 0 Å². The van der Waals surface area contributed by atoms with Gasteiger partial charge in [0.1, 0.15) is 0 Å². The Morgan fingerprint density at radius 3 is 2.35 bits per heavy atom. The number of carbonyl (C=O) groups excluding carboxylic acids is 1. The lowest BCUT2D eigenvalue weighted by atomic mass is 10.1. The van der Waals surface area contributed by atoms with Gasteiger partial charge in [-0.05, 0) is 26.7 Å². The van der Waals surface area contributed by atoms with E-state index >= 15 is 0 Å². The molecule has 0 aromatic carbocycles. The van der Waals surface area contributed by atoms with E-state index in [-0.39, 0.29) is 12.1 Å². The number of hydrogen-bond donors (Lipinski definition) is 0. The number of esters is 1. The second-order valence-electron chi connectivity index (χ2n) is 5.15. The van der Waals surface area contributed by atoms with Crippen LogP contribution in [0, 0.1) is 0 Å².